The van der Waals surface area contributed by atoms with Crippen molar-refractivity contribution in [2.45, 2.75) is 32.5 Å². The minimum absolute atomic E-state index is 0.195. The average Bonchev–Trinajstić information content (AvgIpc) is 3.03. The quantitative estimate of drug-likeness (QED) is 0.553. The van der Waals surface area contributed by atoms with Gasteiger partial charge in [0.1, 0.15) is 23.2 Å². The fraction of sp³-hybridized carbons (Fsp3) is 0.333. The maximum absolute atomic E-state index is 12.9. The van der Waals surface area contributed by atoms with Crippen molar-refractivity contribution in [3.8, 4) is 11.3 Å². The second kappa shape index (κ2) is 8.55. The van der Waals surface area contributed by atoms with E-state index in [1.807, 2.05) is 13.8 Å². The molecule has 0 radical (unpaired) electrons. The van der Waals surface area contributed by atoms with E-state index in [1.54, 1.807) is 29.8 Å². The summed E-state index contributed by atoms with van der Waals surface area (Å²) in [6, 6.07) is 7.60. The van der Waals surface area contributed by atoms with Gasteiger partial charge in [0, 0.05) is 18.8 Å². The third-order valence-corrected chi connectivity index (χ3v) is 4.87. The lowest BCUT2D eigenvalue weighted by molar-refractivity contribution is -0.137. The molecule has 1 unspecified atom stereocenters. The van der Waals surface area contributed by atoms with Gasteiger partial charge in [0.15, 0.2) is 0 Å². The highest BCUT2D eigenvalue weighted by Gasteiger charge is 2.30. The molecule has 0 aliphatic heterocycles. The van der Waals surface area contributed by atoms with Crippen molar-refractivity contribution in [2.24, 2.45) is 5.92 Å². The molecule has 3 rings (SSSR count). The van der Waals surface area contributed by atoms with Crippen LogP contribution in [0.5, 0.6) is 0 Å². The first-order valence-corrected chi connectivity index (χ1v) is 9.81. The Labute approximate surface area is 177 Å². The number of likely N-dealkylation sites (N-methyl/N-ethyl adjacent to an activating group) is 1. The molecule has 0 aliphatic rings. The number of fused-ring (bicyclic) bond motifs is 1. The molecular weight excluding hydrogens is 417 g/mol. The van der Waals surface area contributed by atoms with Gasteiger partial charge in [-0.3, -0.25) is 9.20 Å². The van der Waals surface area contributed by atoms with Gasteiger partial charge < -0.3 is 10.6 Å². The zero-order valence-corrected chi connectivity index (χ0v) is 17.5. The molecule has 0 saturated heterocycles. The third kappa shape index (κ3) is 4.70. The number of hydrogen-bond donors (Lipinski definition) is 2. The number of benzene rings is 1. The van der Waals surface area contributed by atoms with E-state index in [-0.39, 0.29) is 11.8 Å². The summed E-state index contributed by atoms with van der Waals surface area (Å²) >= 11 is 6.15. The number of halogens is 4. The van der Waals surface area contributed by atoms with Gasteiger partial charge >= 0.3 is 6.18 Å². The SMILES string of the molecule is CNC(=O)C(CC(C)C)Nc1c(-c2ccc(C(F)(F)F)cc2)nc2ccc(Cl)cn12. The van der Waals surface area contributed by atoms with E-state index >= 15 is 0 Å². The highest BCUT2D eigenvalue weighted by molar-refractivity contribution is 6.30. The molecule has 0 bridgehead atoms. The summed E-state index contributed by atoms with van der Waals surface area (Å²) in [4.78, 5) is 17.0. The summed E-state index contributed by atoms with van der Waals surface area (Å²) in [5.74, 6) is 0.526. The maximum Gasteiger partial charge on any atom is 0.416 e. The fourth-order valence-electron chi connectivity index (χ4n) is 3.22. The lowest BCUT2D eigenvalue weighted by Crippen LogP contribution is -2.39. The van der Waals surface area contributed by atoms with E-state index in [2.05, 4.69) is 15.6 Å². The van der Waals surface area contributed by atoms with Gasteiger partial charge in [-0.05, 0) is 36.6 Å². The molecule has 0 saturated carbocycles. The summed E-state index contributed by atoms with van der Waals surface area (Å²) < 4.78 is 40.5. The van der Waals surface area contributed by atoms with E-state index in [4.69, 9.17) is 11.6 Å². The number of amides is 1. The summed E-state index contributed by atoms with van der Waals surface area (Å²) in [5.41, 5.74) is 0.738. The van der Waals surface area contributed by atoms with Gasteiger partial charge in [0.05, 0.1) is 10.6 Å². The molecule has 1 amide bonds. The van der Waals surface area contributed by atoms with Gasteiger partial charge in [0.2, 0.25) is 5.91 Å². The Kier molecular flexibility index (Phi) is 6.26. The smallest absolute Gasteiger partial charge is 0.358 e. The van der Waals surface area contributed by atoms with Crippen LogP contribution in [-0.4, -0.2) is 28.4 Å². The Bertz CT molecular complexity index is 1040. The van der Waals surface area contributed by atoms with Crippen molar-refractivity contribution in [1.29, 1.82) is 0 Å². The van der Waals surface area contributed by atoms with Crippen LogP contribution in [0.4, 0.5) is 19.0 Å². The molecule has 0 fully saturated rings. The Hall–Kier alpha value is -2.74. The number of nitrogens with zero attached hydrogens (tertiary/aromatic N) is 2. The number of alkyl halides is 3. The lowest BCUT2D eigenvalue weighted by atomic mass is 10.0. The molecule has 5 nitrogen and oxygen atoms in total. The van der Waals surface area contributed by atoms with E-state index in [0.29, 0.717) is 34.2 Å². The number of nitrogens with one attached hydrogen (secondary N) is 2. The molecule has 0 spiro atoms. The van der Waals surface area contributed by atoms with Crippen molar-refractivity contribution in [1.82, 2.24) is 14.7 Å². The van der Waals surface area contributed by atoms with Crippen LogP contribution in [0.25, 0.3) is 16.9 Å². The number of rotatable bonds is 6. The molecular formula is C21H22ClF3N4O. The van der Waals surface area contributed by atoms with Crippen molar-refractivity contribution < 1.29 is 18.0 Å². The largest absolute Gasteiger partial charge is 0.416 e. The zero-order valence-electron chi connectivity index (χ0n) is 16.7. The number of anilines is 1. The maximum atomic E-state index is 12.9. The number of pyridine rings is 1. The first-order valence-electron chi connectivity index (χ1n) is 9.43. The number of aromatic nitrogens is 2. The van der Waals surface area contributed by atoms with Crippen LogP contribution < -0.4 is 10.6 Å². The van der Waals surface area contributed by atoms with Gasteiger partial charge in [-0.1, -0.05) is 37.6 Å². The van der Waals surface area contributed by atoms with Crippen LogP contribution in [0.2, 0.25) is 5.02 Å². The van der Waals surface area contributed by atoms with Crippen molar-refractivity contribution in [3.63, 3.8) is 0 Å². The molecule has 3 aromatic rings. The summed E-state index contributed by atoms with van der Waals surface area (Å²) in [6.45, 7) is 4.00. The molecule has 9 heteroatoms. The van der Waals surface area contributed by atoms with Crippen molar-refractivity contribution >= 4 is 29.0 Å². The summed E-state index contributed by atoms with van der Waals surface area (Å²) in [6.07, 6.45) is -2.22. The molecule has 160 valence electrons. The fourth-order valence-corrected chi connectivity index (χ4v) is 3.38. The van der Waals surface area contributed by atoms with Crippen LogP contribution >= 0.6 is 11.6 Å². The van der Waals surface area contributed by atoms with Crippen molar-refractivity contribution in [3.05, 3.63) is 53.2 Å². The predicted octanol–water partition coefficient (Wildman–Crippen LogP) is 5.25. The van der Waals surface area contributed by atoms with Crippen LogP contribution in [0.15, 0.2) is 42.6 Å². The molecule has 2 heterocycles. The summed E-state index contributed by atoms with van der Waals surface area (Å²) in [7, 11) is 1.56. The van der Waals surface area contributed by atoms with Crippen LogP contribution in [0.3, 0.4) is 0 Å². The number of imidazole rings is 1. The second-order valence-electron chi connectivity index (χ2n) is 7.40. The normalized spacial score (nSPS) is 12.9. The van der Waals surface area contributed by atoms with Gasteiger partial charge in [0.25, 0.3) is 0 Å². The number of carbonyl (C=O) groups excluding carboxylic acids is 1. The first-order chi connectivity index (χ1) is 14.1. The lowest BCUT2D eigenvalue weighted by Gasteiger charge is -2.21. The molecule has 0 aliphatic carbocycles. The van der Waals surface area contributed by atoms with E-state index < -0.39 is 17.8 Å². The van der Waals surface area contributed by atoms with E-state index in [1.165, 1.54) is 12.1 Å². The topological polar surface area (TPSA) is 58.4 Å². The molecule has 2 aromatic heterocycles. The average molecular weight is 439 g/mol. The molecule has 30 heavy (non-hydrogen) atoms. The van der Waals surface area contributed by atoms with E-state index in [9.17, 15) is 18.0 Å². The number of carbonyl (C=O) groups is 1. The van der Waals surface area contributed by atoms with Crippen molar-refractivity contribution in [2.75, 3.05) is 12.4 Å². The summed E-state index contributed by atoms with van der Waals surface area (Å²) in [5, 5.41) is 6.33. The van der Waals surface area contributed by atoms with Crippen LogP contribution in [0.1, 0.15) is 25.8 Å². The monoisotopic (exact) mass is 438 g/mol. The Morgan fingerprint density at radius 3 is 2.40 bits per heavy atom. The third-order valence-electron chi connectivity index (χ3n) is 4.65. The molecule has 1 atom stereocenters. The first kappa shape index (κ1) is 22.0. The molecule has 1 aromatic carbocycles. The minimum Gasteiger partial charge on any atom is -0.358 e. The van der Waals surface area contributed by atoms with Crippen LogP contribution in [0, 0.1) is 5.92 Å². The predicted molar refractivity (Wildman–Crippen MR) is 112 cm³/mol. The zero-order chi connectivity index (χ0) is 22.1. The second-order valence-corrected chi connectivity index (χ2v) is 7.84. The minimum atomic E-state index is -4.42. The Morgan fingerprint density at radius 2 is 1.83 bits per heavy atom. The highest BCUT2D eigenvalue weighted by Crippen LogP contribution is 2.34. The standard InChI is InChI=1S/C21H22ClF3N4O/c1-12(2)10-16(20(30)26-3)27-19-18(28-17-9-8-15(22)11-29(17)19)13-4-6-14(7-5-13)21(23,24)25/h4-9,11-12,16,27H,10H2,1-3H3,(H,26,30). The van der Waals surface area contributed by atoms with Crippen LogP contribution in [-0.2, 0) is 11.0 Å². The van der Waals surface area contributed by atoms with Gasteiger partial charge in [-0.2, -0.15) is 13.2 Å². The molecule has 2 N–H and O–H groups in total. The Morgan fingerprint density at radius 1 is 1.17 bits per heavy atom. The van der Waals surface area contributed by atoms with Gasteiger partial charge in [-0.25, -0.2) is 4.98 Å². The van der Waals surface area contributed by atoms with Gasteiger partial charge in [-0.15, -0.1) is 0 Å². The highest BCUT2D eigenvalue weighted by atomic mass is 35.5. The Balaban J connectivity index is 2.11. The van der Waals surface area contributed by atoms with E-state index in [0.717, 1.165) is 12.1 Å². The number of hydrogen-bond acceptors (Lipinski definition) is 3.